The van der Waals surface area contributed by atoms with Gasteiger partial charge in [-0.1, -0.05) is 48.5 Å². The van der Waals surface area contributed by atoms with Crippen LogP contribution in [0.15, 0.2) is 84.9 Å². The van der Waals surface area contributed by atoms with Crippen LogP contribution in [0.1, 0.15) is 31.7 Å². The van der Waals surface area contributed by atoms with E-state index < -0.39 is 41.0 Å². The van der Waals surface area contributed by atoms with Gasteiger partial charge in [0.15, 0.2) is 0 Å². The maximum absolute atomic E-state index is 13.7. The van der Waals surface area contributed by atoms with Gasteiger partial charge in [0.05, 0.1) is 18.1 Å². The molecule has 2 amide bonds. The van der Waals surface area contributed by atoms with Crippen molar-refractivity contribution in [2.45, 2.75) is 31.8 Å². The standard InChI is InChI=1S/C29H30N2O5/c1-3-36-22-16-10-11-19(17-22)24-25(27(33)30-20-12-6-4-7-13-20)23(32)18-29(2,35)26(24)28(34)31-21-14-8-5-9-15-21/h4-17,24-26,35H,3,18H2,1-2H3,(H,30,33)(H,31,34)/t24-,25-,26+,29+/m1/s1. The van der Waals surface area contributed by atoms with Crippen molar-refractivity contribution in [2.24, 2.45) is 11.8 Å². The van der Waals surface area contributed by atoms with E-state index in [2.05, 4.69) is 10.6 Å². The molecule has 4 atom stereocenters. The molecular formula is C29H30N2O5. The first kappa shape index (κ1) is 25.1. The van der Waals surface area contributed by atoms with Gasteiger partial charge in [-0.25, -0.2) is 0 Å². The molecule has 3 aromatic carbocycles. The molecule has 1 fully saturated rings. The fraction of sp³-hybridized carbons (Fsp3) is 0.276. The van der Waals surface area contributed by atoms with E-state index in [-0.39, 0.29) is 6.42 Å². The van der Waals surface area contributed by atoms with Gasteiger partial charge in [0.2, 0.25) is 11.8 Å². The summed E-state index contributed by atoms with van der Waals surface area (Å²) in [5.74, 6) is -4.06. The van der Waals surface area contributed by atoms with Crippen LogP contribution in [0.25, 0.3) is 0 Å². The Balaban J connectivity index is 1.78. The van der Waals surface area contributed by atoms with E-state index in [0.717, 1.165) is 0 Å². The summed E-state index contributed by atoms with van der Waals surface area (Å²) in [6.07, 6.45) is -0.325. The normalized spacial score (nSPS) is 23.5. The van der Waals surface area contributed by atoms with Crippen LogP contribution in [-0.4, -0.2) is 34.9 Å². The minimum Gasteiger partial charge on any atom is -0.494 e. The lowest BCUT2D eigenvalue weighted by Gasteiger charge is -2.44. The van der Waals surface area contributed by atoms with E-state index >= 15 is 0 Å². The highest BCUT2D eigenvalue weighted by Crippen LogP contribution is 2.47. The number of ether oxygens (including phenoxy) is 1. The summed E-state index contributed by atoms with van der Waals surface area (Å²) in [4.78, 5) is 40.6. The van der Waals surface area contributed by atoms with Crippen molar-refractivity contribution < 1.29 is 24.2 Å². The molecule has 0 unspecified atom stereocenters. The van der Waals surface area contributed by atoms with Crippen LogP contribution < -0.4 is 15.4 Å². The van der Waals surface area contributed by atoms with Gasteiger partial charge in [0, 0.05) is 23.7 Å². The number of carbonyl (C=O) groups excluding carboxylic acids is 3. The molecule has 3 N–H and O–H groups in total. The molecule has 0 radical (unpaired) electrons. The van der Waals surface area contributed by atoms with Gasteiger partial charge in [0.25, 0.3) is 0 Å². The largest absolute Gasteiger partial charge is 0.494 e. The SMILES string of the molecule is CCOc1cccc([C@@H]2[C@H](C(=O)Nc3ccccc3)C(=O)C[C@](C)(O)[C@@H]2C(=O)Nc2ccccc2)c1. The zero-order valence-corrected chi connectivity index (χ0v) is 20.3. The van der Waals surface area contributed by atoms with Crippen molar-refractivity contribution >= 4 is 29.0 Å². The summed E-state index contributed by atoms with van der Waals surface area (Å²) in [5.41, 5.74) is -0.0103. The lowest BCUT2D eigenvalue weighted by atomic mass is 9.61. The Bertz CT molecular complexity index is 1230. The molecule has 1 saturated carbocycles. The van der Waals surface area contributed by atoms with Crippen LogP contribution in [-0.2, 0) is 14.4 Å². The average molecular weight is 487 g/mol. The molecule has 36 heavy (non-hydrogen) atoms. The van der Waals surface area contributed by atoms with Gasteiger partial charge in [-0.3, -0.25) is 14.4 Å². The van der Waals surface area contributed by atoms with Crippen LogP contribution in [0.2, 0.25) is 0 Å². The van der Waals surface area contributed by atoms with Crippen LogP contribution in [0.4, 0.5) is 11.4 Å². The molecule has 0 aliphatic heterocycles. The van der Waals surface area contributed by atoms with E-state index in [9.17, 15) is 19.5 Å². The second-order valence-corrected chi connectivity index (χ2v) is 9.20. The number of anilines is 2. The summed E-state index contributed by atoms with van der Waals surface area (Å²) >= 11 is 0. The van der Waals surface area contributed by atoms with Crippen molar-refractivity contribution in [3.63, 3.8) is 0 Å². The predicted molar refractivity (Wildman–Crippen MR) is 138 cm³/mol. The highest BCUT2D eigenvalue weighted by Gasteiger charge is 2.56. The lowest BCUT2D eigenvalue weighted by Crippen LogP contribution is -2.56. The molecule has 0 heterocycles. The first-order valence-electron chi connectivity index (χ1n) is 12.0. The molecule has 0 saturated heterocycles. The first-order chi connectivity index (χ1) is 17.3. The van der Waals surface area contributed by atoms with Crippen molar-refractivity contribution in [3.05, 3.63) is 90.5 Å². The fourth-order valence-electron chi connectivity index (χ4n) is 4.95. The molecule has 1 aliphatic carbocycles. The molecule has 7 heteroatoms. The Morgan fingerprint density at radius 1 is 0.917 bits per heavy atom. The number of ketones is 1. The van der Waals surface area contributed by atoms with E-state index in [1.54, 1.807) is 72.8 Å². The molecular weight excluding hydrogens is 456 g/mol. The summed E-state index contributed by atoms with van der Waals surface area (Å²) < 4.78 is 5.65. The van der Waals surface area contributed by atoms with E-state index in [1.807, 2.05) is 19.1 Å². The van der Waals surface area contributed by atoms with Gasteiger partial charge in [-0.05, 0) is 55.8 Å². The molecule has 186 valence electrons. The van der Waals surface area contributed by atoms with Crippen LogP contribution in [0, 0.1) is 11.8 Å². The number of hydrogen-bond donors (Lipinski definition) is 3. The Hall–Kier alpha value is -3.97. The molecule has 4 rings (SSSR count). The number of nitrogens with one attached hydrogen (secondary N) is 2. The third kappa shape index (κ3) is 5.47. The van der Waals surface area contributed by atoms with Gasteiger partial charge in [-0.15, -0.1) is 0 Å². The van der Waals surface area contributed by atoms with Crippen molar-refractivity contribution in [3.8, 4) is 5.75 Å². The van der Waals surface area contributed by atoms with Gasteiger partial charge in [-0.2, -0.15) is 0 Å². The highest BCUT2D eigenvalue weighted by atomic mass is 16.5. The summed E-state index contributed by atoms with van der Waals surface area (Å²) in [6.45, 7) is 3.76. The number of para-hydroxylation sites is 2. The predicted octanol–water partition coefficient (Wildman–Crippen LogP) is 4.40. The third-order valence-electron chi connectivity index (χ3n) is 6.47. The zero-order chi connectivity index (χ0) is 25.7. The molecule has 3 aromatic rings. The van der Waals surface area contributed by atoms with Gasteiger partial charge < -0.3 is 20.5 Å². The van der Waals surface area contributed by atoms with E-state index in [0.29, 0.717) is 29.3 Å². The van der Waals surface area contributed by atoms with Crippen LogP contribution >= 0.6 is 0 Å². The van der Waals surface area contributed by atoms with Crippen molar-refractivity contribution in [1.29, 1.82) is 0 Å². The lowest BCUT2D eigenvalue weighted by molar-refractivity contribution is -0.150. The summed E-state index contributed by atoms with van der Waals surface area (Å²) in [7, 11) is 0. The smallest absolute Gasteiger partial charge is 0.235 e. The molecule has 0 aromatic heterocycles. The topological polar surface area (TPSA) is 105 Å². The number of aliphatic hydroxyl groups is 1. The Kier molecular flexibility index (Phi) is 7.50. The molecule has 7 nitrogen and oxygen atoms in total. The summed E-state index contributed by atoms with van der Waals surface area (Å²) in [6, 6.07) is 24.7. The monoisotopic (exact) mass is 486 g/mol. The average Bonchev–Trinajstić information content (AvgIpc) is 2.84. The van der Waals surface area contributed by atoms with Crippen LogP contribution in [0.5, 0.6) is 5.75 Å². The third-order valence-corrected chi connectivity index (χ3v) is 6.47. The second-order valence-electron chi connectivity index (χ2n) is 9.20. The fourth-order valence-corrected chi connectivity index (χ4v) is 4.95. The number of benzene rings is 3. The zero-order valence-electron chi connectivity index (χ0n) is 20.3. The summed E-state index contributed by atoms with van der Waals surface area (Å²) in [5, 5.41) is 17.1. The highest BCUT2D eigenvalue weighted by molar-refractivity contribution is 6.10. The molecule has 1 aliphatic rings. The number of Topliss-reactive ketones (excluding diaryl/α,β-unsaturated/α-hetero) is 1. The minimum atomic E-state index is -1.67. The number of rotatable bonds is 7. The minimum absolute atomic E-state index is 0.325. The van der Waals surface area contributed by atoms with E-state index in [4.69, 9.17) is 4.74 Å². The van der Waals surface area contributed by atoms with Crippen molar-refractivity contribution in [1.82, 2.24) is 0 Å². The van der Waals surface area contributed by atoms with Gasteiger partial charge in [0.1, 0.15) is 17.5 Å². The number of hydrogen-bond acceptors (Lipinski definition) is 5. The molecule has 0 bridgehead atoms. The Morgan fingerprint density at radius 3 is 2.08 bits per heavy atom. The maximum atomic E-state index is 13.7. The van der Waals surface area contributed by atoms with E-state index in [1.165, 1.54) is 6.92 Å². The second kappa shape index (κ2) is 10.7. The Labute approximate surface area is 210 Å². The first-order valence-corrected chi connectivity index (χ1v) is 12.0. The molecule has 0 spiro atoms. The van der Waals surface area contributed by atoms with Gasteiger partial charge >= 0.3 is 0 Å². The van der Waals surface area contributed by atoms with Crippen molar-refractivity contribution in [2.75, 3.05) is 17.2 Å². The maximum Gasteiger partial charge on any atom is 0.235 e. The number of carbonyl (C=O) groups is 3. The number of amides is 2. The quantitative estimate of drug-likeness (QED) is 0.429. The van der Waals surface area contributed by atoms with Crippen LogP contribution in [0.3, 0.4) is 0 Å². The Morgan fingerprint density at radius 2 is 1.50 bits per heavy atom.